The summed E-state index contributed by atoms with van der Waals surface area (Å²) in [5, 5.41) is 2.94. The summed E-state index contributed by atoms with van der Waals surface area (Å²) in [6.07, 6.45) is 1.78. The van der Waals surface area contributed by atoms with Crippen LogP contribution in [0.4, 0.5) is 0 Å². The number of rotatable bonds is 5. The maximum Gasteiger partial charge on any atom is 0.251 e. The van der Waals surface area contributed by atoms with E-state index in [1.54, 1.807) is 13.4 Å². The lowest BCUT2D eigenvalue weighted by Gasteiger charge is -2.08. The van der Waals surface area contributed by atoms with Gasteiger partial charge in [-0.3, -0.25) is 9.36 Å². The van der Waals surface area contributed by atoms with Crippen molar-refractivity contribution in [2.75, 3.05) is 7.11 Å². The molecule has 0 radical (unpaired) electrons. The van der Waals surface area contributed by atoms with Crippen LogP contribution < -0.4 is 10.1 Å². The number of methoxy groups -OCH3 is 1. The lowest BCUT2D eigenvalue weighted by molar-refractivity contribution is 0.0951. The second-order valence-corrected chi connectivity index (χ2v) is 6.19. The lowest BCUT2D eigenvalue weighted by atomic mass is 10.1. The number of para-hydroxylation sites is 1. The van der Waals surface area contributed by atoms with Crippen LogP contribution in [0.25, 0.3) is 16.7 Å². The van der Waals surface area contributed by atoms with Crippen molar-refractivity contribution in [3.05, 3.63) is 90.3 Å². The fraction of sp³-hybridized carbons (Fsp3) is 0.0909. The van der Waals surface area contributed by atoms with Crippen LogP contribution in [-0.2, 0) is 6.54 Å². The van der Waals surface area contributed by atoms with E-state index in [2.05, 4.69) is 10.3 Å². The Hall–Kier alpha value is -3.60. The van der Waals surface area contributed by atoms with Crippen LogP contribution >= 0.6 is 0 Å². The lowest BCUT2D eigenvalue weighted by Crippen LogP contribution is -2.22. The topological polar surface area (TPSA) is 56.1 Å². The Morgan fingerprint density at radius 1 is 1.04 bits per heavy atom. The molecule has 0 saturated carbocycles. The highest BCUT2D eigenvalue weighted by molar-refractivity contribution is 5.97. The Labute approximate surface area is 157 Å². The molecule has 4 rings (SSSR count). The molecule has 0 atom stereocenters. The predicted octanol–water partition coefficient (Wildman–Crippen LogP) is 3.96. The summed E-state index contributed by atoms with van der Waals surface area (Å²) in [6.45, 7) is 0.437. The van der Waals surface area contributed by atoms with Crippen LogP contribution in [0.1, 0.15) is 15.9 Å². The summed E-state index contributed by atoms with van der Waals surface area (Å²) in [5.41, 5.74) is 4.36. The quantitative estimate of drug-likeness (QED) is 0.588. The van der Waals surface area contributed by atoms with Crippen LogP contribution in [-0.4, -0.2) is 22.6 Å². The van der Waals surface area contributed by atoms with Gasteiger partial charge in [0, 0.05) is 17.8 Å². The minimum Gasteiger partial charge on any atom is -0.497 e. The van der Waals surface area contributed by atoms with Gasteiger partial charge in [0.25, 0.3) is 5.91 Å². The van der Waals surface area contributed by atoms with Crippen molar-refractivity contribution in [2.24, 2.45) is 0 Å². The third kappa shape index (κ3) is 3.53. The van der Waals surface area contributed by atoms with Crippen LogP contribution in [0, 0.1) is 0 Å². The van der Waals surface area contributed by atoms with Gasteiger partial charge < -0.3 is 10.1 Å². The van der Waals surface area contributed by atoms with Gasteiger partial charge in [-0.25, -0.2) is 4.98 Å². The summed E-state index contributed by atoms with van der Waals surface area (Å²) in [7, 11) is 1.63. The molecule has 1 aromatic heterocycles. The third-order valence-electron chi connectivity index (χ3n) is 4.43. The van der Waals surface area contributed by atoms with Crippen molar-refractivity contribution in [3.63, 3.8) is 0 Å². The second kappa shape index (κ2) is 7.33. The van der Waals surface area contributed by atoms with Gasteiger partial charge in [0.1, 0.15) is 12.1 Å². The molecule has 0 unspecified atom stereocenters. The van der Waals surface area contributed by atoms with Crippen molar-refractivity contribution in [1.29, 1.82) is 0 Å². The largest absolute Gasteiger partial charge is 0.497 e. The molecular weight excluding hydrogens is 338 g/mol. The van der Waals surface area contributed by atoms with Gasteiger partial charge >= 0.3 is 0 Å². The molecule has 1 amide bonds. The summed E-state index contributed by atoms with van der Waals surface area (Å²) in [5.74, 6) is 0.642. The summed E-state index contributed by atoms with van der Waals surface area (Å²) in [4.78, 5) is 17.0. The van der Waals surface area contributed by atoms with E-state index in [-0.39, 0.29) is 5.91 Å². The summed E-state index contributed by atoms with van der Waals surface area (Å²) in [6, 6.07) is 23.2. The van der Waals surface area contributed by atoms with Crippen molar-refractivity contribution in [2.45, 2.75) is 6.54 Å². The number of imidazole rings is 1. The molecule has 0 aliphatic rings. The zero-order valence-electron chi connectivity index (χ0n) is 14.9. The van der Waals surface area contributed by atoms with E-state index < -0.39 is 0 Å². The van der Waals surface area contributed by atoms with Crippen molar-refractivity contribution >= 4 is 16.9 Å². The number of amides is 1. The molecule has 134 valence electrons. The monoisotopic (exact) mass is 357 g/mol. The average Bonchev–Trinajstić information content (AvgIpc) is 3.16. The number of fused-ring (bicyclic) bond motifs is 1. The van der Waals surface area contributed by atoms with Crippen LogP contribution in [0.5, 0.6) is 5.75 Å². The van der Waals surface area contributed by atoms with E-state index in [9.17, 15) is 4.79 Å². The first-order valence-corrected chi connectivity index (χ1v) is 8.68. The fourth-order valence-electron chi connectivity index (χ4n) is 3.02. The Bertz CT molecular complexity index is 1090. The molecule has 0 spiro atoms. The number of benzene rings is 3. The van der Waals surface area contributed by atoms with Gasteiger partial charge in [0.05, 0.1) is 18.1 Å². The minimum atomic E-state index is -0.131. The molecule has 4 aromatic rings. The number of carbonyl (C=O) groups is 1. The normalized spacial score (nSPS) is 10.7. The zero-order chi connectivity index (χ0) is 18.6. The number of carbonyl (C=O) groups excluding carboxylic acids is 1. The van der Waals surface area contributed by atoms with Gasteiger partial charge in [-0.15, -0.1) is 0 Å². The Kier molecular flexibility index (Phi) is 4.58. The van der Waals surface area contributed by atoms with Gasteiger partial charge in [0.2, 0.25) is 0 Å². The molecule has 1 N–H and O–H groups in total. The van der Waals surface area contributed by atoms with E-state index >= 15 is 0 Å². The SMILES string of the molecule is COc1cccc(CNC(=O)c2ccc3c(c2)ncn3-c2ccccc2)c1. The van der Waals surface area contributed by atoms with E-state index in [1.165, 1.54) is 0 Å². The van der Waals surface area contributed by atoms with Crippen molar-refractivity contribution < 1.29 is 9.53 Å². The maximum absolute atomic E-state index is 12.5. The fourth-order valence-corrected chi connectivity index (χ4v) is 3.02. The molecule has 0 fully saturated rings. The minimum absolute atomic E-state index is 0.131. The molecule has 0 aliphatic heterocycles. The van der Waals surface area contributed by atoms with Gasteiger partial charge in [-0.1, -0.05) is 30.3 Å². The number of aromatic nitrogens is 2. The van der Waals surface area contributed by atoms with Crippen LogP contribution in [0.15, 0.2) is 79.1 Å². The van der Waals surface area contributed by atoms with Crippen molar-refractivity contribution in [1.82, 2.24) is 14.9 Å². The maximum atomic E-state index is 12.5. The highest BCUT2D eigenvalue weighted by atomic mass is 16.5. The van der Waals surface area contributed by atoms with Crippen molar-refractivity contribution in [3.8, 4) is 11.4 Å². The Balaban J connectivity index is 1.53. The number of nitrogens with zero attached hydrogens (tertiary/aromatic N) is 2. The number of hydrogen-bond donors (Lipinski definition) is 1. The van der Waals surface area contributed by atoms with Gasteiger partial charge in [-0.2, -0.15) is 0 Å². The molecule has 0 bridgehead atoms. The molecule has 5 heteroatoms. The zero-order valence-corrected chi connectivity index (χ0v) is 14.9. The molecule has 27 heavy (non-hydrogen) atoms. The second-order valence-electron chi connectivity index (χ2n) is 6.19. The van der Waals surface area contributed by atoms with E-state index in [1.807, 2.05) is 77.4 Å². The van der Waals surface area contributed by atoms with Gasteiger partial charge in [-0.05, 0) is 48.0 Å². The highest BCUT2D eigenvalue weighted by Crippen LogP contribution is 2.19. The first-order valence-electron chi connectivity index (χ1n) is 8.68. The first-order chi connectivity index (χ1) is 13.2. The standard InChI is InChI=1S/C22H19N3O2/c1-27-19-9-5-6-16(12-19)14-23-22(26)17-10-11-21-20(13-17)24-15-25(21)18-7-3-2-4-8-18/h2-13,15H,14H2,1H3,(H,23,26). The summed E-state index contributed by atoms with van der Waals surface area (Å²) < 4.78 is 7.22. The molecule has 3 aromatic carbocycles. The Morgan fingerprint density at radius 2 is 1.89 bits per heavy atom. The van der Waals surface area contributed by atoms with Crippen LogP contribution in [0.3, 0.4) is 0 Å². The Morgan fingerprint density at radius 3 is 2.70 bits per heavy atom. The molecule has 1 heterocycles. The van der Waals surface area contributed by atoms with Crippen LogP contribution in [0.2, 0.25) is 0 Å². The molecule has 5 nitrogen and oxygen atoms in total. The molecule has 0 saturated heterocycles. The molecule has 0 aliphatic carbocycles. The van der Waals surface area contributed by atoms with E-state index in [0.717, 1.165) is 28.0 Å². The predicted molar refractivity (Wildman–Crippen MR) is 105 cm³/mol. The molecular formula is C22H19N3O2. The first kappa shape index (κ1) is 16.8. The number of nitrogens with one attached hydrogen (secondary N) is 1. The average molecular weight is 357 g/mol. The van der Waals surface area contributed by atoms with Gasteiger partial charge in [0.15, 0.2) is 0 Å². The number of ether oxygens (including phenoxy) is 1. The van der Waals surface area contributed by atoms with E-state index in [0.29, 0.717) is 12.1 Å². The van der Waals surface area contributed by atoms with E-state index in [4.69, 9.17) is 4.74 Å². The third-order valence-corrected chi connectivity index (χ3v) is 4.43. The summed E-state index contributed by atoms with van der Waals surface area (Å²) >= 11 is 0. The smallest absolute Gasteiger partial charge is 0.251 e. The highest BCUT2D eigenvalue weighted by Gasteiger charge is 2.10. The number of hydrogen-bond acceptors (Lipinski definition) is 3.